The molecule has 0 saturated heterocycles. The van der Waals surface area contributed by atoms with Crippen molar-refractivity contribution in [1.29, 1.82) is 0 Å². The molecule has 10 rings (SSSR count). The maximum atomic E-state index is 5.01. The summed E-state index contributed by atoms with van der Waals surface area (Å²) in [7, 11) is 1.68. The minimum absolute atomic E-state index is 0.558. The van der Waals surface area contributed by atoms with Crippen LogP contribution in [0.1, 0.15) is 149 Å². The van der Waals surface area contributed by atoms with E-state index in [2.05, 4.69) is 281 Å². The lowest BCUT2D eigenvalue weighted by Gasteiger charge is -2.13. The van der Waals surface area contributed by atoms with Crippen LogP contribution < -0.4 is 4.74 Å². The summed E-state index contributed by atoms with van der Waals surface area (Å²) >= 11 is 0. The average Bonchev–Trinajstić information content (AvgIpc) is 3.75. The number of ether oxygens (including phenoxy) is 1. The fraction of sp³-hybridized carbons (Fsp3) is 0.316. The van der Waals surface area contributed by atoms with E-state index in [0.717, 1.165) is 44.3 Å². The maximum Gasteiger partial charge on any atom is 0.118 e. The van der Waals surface area contributed by atoms with Crippen LogP contribution in [0.25, 0.3) is 21.9 Å². The monoisotopic (exact) mass is 1020 g/mol. The van der Waals surface area contributed by atoms with Gasteiger partial charge >= 0.3 is 0 Å². The van der Waals surface area contributed by atoms with Crippen LogP contribution in [-0.4, -0.2) is 7.11 Å². The van der Waals surface area contributed by atoms with Crippen LogP contribution in [0.4, 0.5) is 0 Å². The summed E-state index contributed by atoms with van der Waals surface area (Å²) in [5, 5.41) is 2.74. The Morgan fingerprint density at radius 2 is 0.818 bits per heavy atom. The zero-order chi connectivity index (χ0) is 56.4. The molecule has 0 radical (unpaired) electrons. The molecule has 404 valence electrons. The van der Waals surface area contributed by atoms with Crippen molar-refractivity contribution in [3.8, 4) is 16.9 Å². The number of hydrogen-bond donors (Lipinski definition) is 0. The summed E-state index contributed by atoms with van der Waals surface area (Å²) in [5.74, 6) is 1.49. The molecule has 9 aromatic rings. The second-order valence-corrected chi connectivity index (χ2v) is 20.6. The van der Waals surface area contributed by atoms with Crippen LogP contribution in [-0.2, 0) is 38.5 Å². The molecule has 0 unspecified atom stereocenters. The van der Waals surface area contributed by atoms with E-state index in [1.807, 2.05) is 12.1 Å². The van der Waals surface area contributed by atoms with E-state index in [-0.39, 0.29) is 0 Å². The van der Waals surface area contributed by atoms with Crippen LogP contribution >= 0.6 is 0 Å². The first-order chi connectivity index (χ1) is 37.0. The second kappa shape index (κ2) is 32.6. The van der Waals surface area contributed by atoms with Crippen molar-refractivity contribution in [2.24, 2.45) is 0 Å². The Morgan fingerprint density at radius 1 is 0.351 bits per heavy atom. The number of methoxy groups -OCH3 is 1. The molecule has 9 aromatic carbocycles. The van der Waals surface area contributed by atoms with Crippen molar-refractivity contribution in [2.45, 2.75) is 155 Å². The van der Waals surface area contributed by atoms with Gasteiger partial charge in [-0.05, 0) is 213 Å². The van der Waals surface area contributed by atoms with Gasteiger partial charge in [-0.2, -0.15) is 0 Å². The molecular weight excluding hydrogens is 929 g/mol. The molecule has 0 spiro atoms. The Balaban J connectivity index is 0.000000195. The second-order valence-electron chi connectivity index (χ2n) is 20.6. The van der Waals surface area contributed by atoms with Crippen LogP contribution in [0.5, 0.6) is 5.75 Å². The first kappa shape index (κ1) is 62.6. The van der Waals surface area contributed by atoms with Crippen molar-refractivity contribution in [3.63, 3.8) is 0 Å². The predicted octanol–water partition coefficient (Wildman–Crippen LogP) is 21.3. The number of rotatable bonds is 7. The Kier molecular flexibility index (Phi) is 26.5. The molecule has 77 heavy (non-hydrogen) atoms. The van der Waals surface area contributed by atoms with Gasteiger partial charge in [-0.1, -0.05) is 235 Å². The van der Waals surface area contributed by atoms with Crippen molar-refractivity contribution >= 4 is 10.8 Å². The summed E-state index contributed by atoms with van der Waals surface area (Å²) in [5.41, 5.74) is 27.1. The lowest BCUT2D eigenvalue weighted by molar-refractivity contribution is 0.414. The predicted molar refractivity (Wildman–Crippen MR) is 341 cm³/mol. The van der Waals surface area contributed by atoms with E-state index in [9.17, 15) is 0 Å². The third-order valence-corrected chi connectivity index (χ3v) is 15.1. The summed E-state index contributed by atoms with van der Waals surface area (Å²) in [6, 6.07) is 64.7. The highest BCUT2D eigenvalue weighted by Crippen LogP contribution is 2.43. The van der Waals surface area contributed by atoms with Crippen molar-refractivity contribution in [2.75, 3.05) is 7.11 Å². The molecular formula is C76H94O. The smallest absolute Gasteiger partial charge is 0.118 e. The van der Waals surface area contributed by atoms with Crippen molar-refractivity contribution < 1.29 is 4.74 Å². The molecule has 0 fully saturated rings. The third kappa shape index (κ3) is 18.9. The normalized spacial score (nSPS) is 10.7. The summed E-state index contributed by atoms with van der Waals surface area (Å²) in [6.07, 6.45) is 6.78. The van der Waals surface area contributed by atoms with Gasteiger partial charge in [0.1, 0.15) is 5.75 Å². The van der Waals surface area contributed by atoms with E-state index < -0.39 is 0 Å². The SMILES string of the molecule is CC1c2ccccc2-c2ccccc21.CCc1c(C)c(C)cc(C)c1C.CCc1cc(C)ccc1C.CCc1ccc(C)cc1.CCc1ccc(C)cc1C.CCc1ccc(OC)cc1.CCc1cccc2ccccc12. The Hall–Kier alpha value is -6.96. The first-order valence-corrected chi connectivity index (χ1v) is 28.6. The highest BCUT2D eigenvalue weighted by Gasteiger charge is 2.23. The minimum Gasteiger partial charge on any atom is -0.497 e. The van der Waals surface area contributed by atoms with Gasteiger partial charge in [0.15, 0.2) is 0 Å². The highest BCUT2D eigenvalue weighted by molar-refractivity contribution is 5.85. The van der Waals surface area contributed by atoms with Crippen LogP contribution in [0.15, 0.2) is 182 Å². The van der Waals surface area contributed by atoms with Gasteiger partial charge in [-0.25, -0.2) is 0 Å². The summed E-state index contributed by atoms with van der Waals surface area (Å²) < 4.78 is 5.01. The highest BCUT2D eigenvalue weighted by atomic mass is 16.5. The first-order valence-electron chi connectivity index (χ1n) is 28.6. The molecule has 1 nitrogen and oxygen atoms in total. The lowest BCUT2D eigenvalue weighted by atomic mass is 9.93. The number of hydrogen-bond acceptors (Lipinski definition) is 1. The van der Waals surface area contributed by atoms with E-state index in [0.29, 0.717) is 5.92 Å². The Labute approximate surface area is 468 Å². The van der Waals surface area contributed by atoms with E-state index in [1.165, 1.54) is 116 Å². The fourth-order valence-corrected chi connectivity index (χ4v) is 9.95. The molecule has 1 aliphatic carbocycles. The molecule has 0 atom stereocenters. The number of fused-ring (bicyclic) bond motifs is 4. The lowest BCUT2D eigenvalue weighted by Crippen LogP contribution is -1.97. The zero-order valence-electron chi connectivity index (χ0n) is 50.5. The topological polar surface area (TPSA) is 9.23 Å². The zero-order valence-corrected chi connectivity index (χ0v) is 50.5. The Bertz CT molecular complexity index is 3070. The average molecular weight is 1020 g/mol. The maximum absolute atomic E-state index is 5.01. The molecule has 1 aliphatic rings. The van der Waals surface area contributed by atoms with E-state index in [4.69, 9.17) is 4.74 Å². The molecule has 1 heteroatoms. The molecule has 0 N–H and O–H groups in total. The van der Waals surface area contributed by atoms with E-state index in [1.54, 1.807) is 7.11 Å². The summed E-state index contributed by atoms with van der Waals surface area (Å²) in [6.45, 7) is 35.0. The van der Waals surface area contributed by atoms with Gasteiger partial charge < -0.3 is 4.74 Å². The Morgan fingerprint density at radius 3 is 1.31 bits per heavy atom. The molecule has 0 bridgehead atoms. The van der Waals surface area contributed by atoms with E-state index >= 15 is 0 Å². The van der Waals surface area contributed by atoms with Gasteiger partial charge in [0.25, 0.3) is 0 Å². The molecule has 0 aliphatic heterocycles. The fourth-order valence-electron chi connectivity index (χ4n) is 9.95. The molecule has 0 amide bonds. The van der Waals surface area contributed by atoms with Gasteiger partial charge in [-0.3, -0.25) is 0 Å². The van der Waals surface area contributed by atoms with Crippen LogP contribution in [0, 0.1) is 62.3 Å². The van der Waals surface area contributed by atoms with Gasteiger partial charge in [0.2, 0.25) is 0 Å². The molecule has 0 saturated carbocycles. The van der Waals surface area contributed by atoms with Crippen LogP contribution in [0.3, 0.4) is 0 Å². The molecule has 0 heterocycles. The molecule has 0 aromatic heterocycles. The quantitative estimate of drug-likeness (QED) is 0.155. The van der Waals surface area contributed by atoms with Gasteiger partial charge in [0.05, 0.1) is 7.11 Å². The van der Waals surface area contributed by atoms with Gasteiger partial charge in [-0.15, -0.1) is 0 Å². The standard InChI is InChI=1S/C14H12.C12H12.C12H18.2C10H14.C9H12O.C9H12/c1-10-11-6-2-4-8-13(11)14-9-5-3-7-12(10)14;1-2-10-7-5-8-11-6-3-4-9-12(10)11;1-6-12-10(4)8(2)7-9(3)11(12)5;1-4-10-6-5-8(2)7-9(10)3;1-4-10-7-8(2)5-6-9(10)3;1-3-8-4-6-9(10-2)7-5-8;1-3-9-6-4-8(2)5-7-9/h2-10H,1H3;3-9H,2H2,1H3;7H,6H2,1-5H3;2*5-7H,4H2,1-3H3;4-7H,3H2,1-2H3;4-7H,3H2,1-2H3. The minimum atomic E-state index is 0.558. The third-order valence-electron chi connectivity index (χ3n) is 15.1. The number of aryl methyl sites for hydroxylation is 12. The van der Waals surface area contributed by atoms with Crippen molar-refractivity contribution in [1.82, 2.24) is 0 Å². The summed E-state index contributed by atoms with van der Waals surface area (Å²) in [4.78, 5) is 0. The largest absolute Gasteiger partial charge is 0.497 e. The number of benzene rings is 9. The van der Waals surface area contributed by atoms with Crippen LogP contribution in [0.2, 0.25) is 0 Å². The van der Waals surface area contributed by atoms with Crippen molar-refractivity contribution in [3.05, 3.63) is 277 Å². The van der Waals surface area contributed by atoms with Gasteiger partial charge in [0, 0.05) is 5.92 Å².